The number of rotatable bonds is 6. The summed E-state index contributed by atoms with van der Waals surface area (Å²) in [6.07, 6.45) is 0. The van der Waals surface area contributed by atoms with Gasteiger partial charge >= 0.3 is 5.97 Å². The van der Waals surface area contributed by atoms with E-state index in [0.29, 0.717) is 0 Å². The Morgan fingerprint density at radius 3 is 2.68 bits per heavy atom. The zero-order valence-electron chi connectivity index (χ0n) is 11.4. The van der Waals surface area contributed by atoms with E-state index in [1.54, 1.807) is 6.92 Å². The van der Waals surface area contributed by atoms with Crippen LogP contribution in [0.3, 0.4) is 0 Å². The smallest absolute Gasteiger partial charge is 0.322 e. The molecule has 104 valence electrons. The molecule has 0 fully saturated rings. The number of aliphatic carboxylic acids is 1. The number of benzene rings is 1. The third kappa shape index (κ3) is 4.99. The second kappa shape index (κ2) is 6.78. The molecule has 0 saturated heterocycles. The first kappa shape index (κ1) is 15.0. The van der Waals surface area contributed by atoms with E-state index < -0.39 is 11.9 Å². The highest BCUT2D eigenvalue weighted by atomic mass is 16.5. The topological polar surface area (TPSA) is 75.6 Å². The molecule has 1 amide bonds. The van der Waals surface area contributed by atoms with E-state index in [4.69, 9.17) is 9.84 Å². The standard InChI is InChI=1S/C14H19NO4/c1-9-4-5-10(2)12(6-9)19-8-11(3)14(18)15-7-13(16)17/h4-6,11H,7-8H2,1-3H3,(H,15,18)(H,16,17). The van der Waals surface area contributed by atoms with Gasteiger partial charge in [0.1, 0.15) is 12.3 Å². The maximum absolute atomic E-state index is 11.6. The molecule has 0 radical (unpaired) electrons. The highest BCUT2D eigenvalue weighted by Crippen LogP contribution is 2.19. The summed E-state index contributed by atoms with van der Waals surface area (Å²) in [6, 6.07) is 5.86. The van der Waals surface area contributed by atoms with Crippen LogP contribution in [0.2, 0.25) is 0 Å². The van der Waals surface area contributed by atoms with Crippen molar-refractivity contribution < 1.29 is 19.4 Å². The number of aryl methyl sites for hydroxylation is 2. The van der Waals surface area contributed by atoms with Gasteiger partial charge in [-0.25, -0.2) is 0 Å². The van der Waals surface area contributed by atoms with Gasteiger partial charge in [0.05, 0.1) is 12.5 Å². The van der Waals surface area contributed by atoms with Crippen LogP contribution in [0.15, 0.2) is 18.2 Å². The van der Waals surface area contributed by atoms with Crippen LogP contribution in [0, 0.1) is 19.8 Å². The van der Waals surface area contributed by atoms with Gasteiger partial charge in [0.2, 0.25) is 5.91 Å². The first-order valence-electron chi connectivity index (χ1n) is 6.09. The molecule has 0 aliphatic carbocycles. The van der Waals surface area contributed by atoms with Gasteiger partial charge in [-0.05, 0) is 31.0 Å². The minimum atomic E-state index is -1.06. The molecule has 0 saturated carbocycles. The van der Waals surface area contributed by atoms with E-state index in [0.717, 1.165) is 16.9 Å². The maximum atomic E-state index is 11.6. The Hall–Kier alpha value is -2.04. The van der Waals surface area contributed by atoms with Crippen LogP contribution in [0.25, 0.3) is 0 Å². The molecule has 0 spiro atoms. The Labute approximate surface area is 112 Å². The highest BCUT2D eigenvalue weighted by Gasteiger charge is 2.14. The van der Waals surface area contributed by atoms with Crippen molar-refractivity contribution in [2.24, 2.45) is 5.92 Å². The zero-order chi connectivity index (χ0) is 14.4. The van der Waals surface area contributed by atoms with Crippen molar-refractivity contribution in [2.45, 2.75) is 20.8 Å². The summed E-state index contributed by atoms with van der Waals surface area (Å²) in [5.74, 6) is -1.04. The molecule has 0 aliphatic rings. The molecule has 1 unspecified atom stereocenters. The molecule has 1 aromatic rings. The van der Waals surface area contributed by atoms with Crippen molar-refractivity contribution in [3.05, 3.63) is 29.3 Å². The van der Waals surface area contributed by atoms with Crippen LogP contribution in [-0.4, -0.2) is 30.1 Å². The fourth-order valence-corrected chi connectivity index (χ4v) is 1.49. The van der Waals surface area contributed by atoms with E-state index in [9.17, 15) is 9.59 Å². The van der Waals surface area contributed by atoms with Crippen LogP contribution in [0.1, 0.15) is 18.1 Å². The van der Waals surface area contributed by atoms with E-state index in [1.165, 1.54) is 0 Å². The second-order valence-electron chi connectivity index (χ2n) is 4.59. The Balaban J connectivity index is 2.49. The Morgan fingerprint density at radius 1 is 1.37 bits per heavy atom. The summed E-state index contributed by atoms with van der Waals surface area (Å²) in [4.78, 5) is 21.9. The maximum Gasteiger partial charge on any atom is 0.322 e. The van der Waals surface area contributed by atoms with Gasteiger partial charge < -0.3 is 15.2 Å². The van der Waals surface area contributed by atoms with Crippen molar-refractivity contribution in [1.82, 2.24) is 5.32 Å². The number of amides is 1. The molecule has 1 rings (SSSR count). The number of carbonyl (C=O) groups is 2. The molecule has 0 bridgehead atoms. The van der Waals surface area contributed by atoms with Gasteiger partial charge in [-0.3, -0.25) is 9.59 Å². The number of carbonyl (C=O) groups excluding carboxylic acids is 1. The quantitative estimate of drug-likeness (QED) is 0.817. The molecule has 5 nitrogen and oxygen atoms in total. The van der Waals surface area contributed by atoms with Gasteiger partial charge in [-0.15, -0.1) is 0 Å². The van der Waals surface area contributed by atoms with Crippen LogP contribution >= 0.6 is 0 Å². The summed E-state index contributed by atoms with van der Waals surface area (Å²) in [5.41, 5.74) is 2.09. The molecule has 2 N–H and O–H groups in total. The monoisotopic (exact) mass is 265 g/mol. The minimum Gasteiger partial charge on any atom is -0.492 e. The SMILES string of the molecule is Cc1ccc(C)c(OCC(C)C(=O)NCC(=O)O)c1. The lowest BCUT2D eigenvalue weighted by Gasteiger charge is -2.14. The largest absolute Gasteiger partial charge is 0.492 e. The number of carboxylic acid groups (broad SMARTS) is 1. The molecule has 19 heavy (non-hydrogen) atoms. The van der Waals surface area contributed by atoms with Gasteiger partial charge in [-0.2, -0.15) is 0 Å². The summed E-state index contributed by atoms with van der Waals surface area (Å²) in [7, 11) is 0. The molecule has 1 atom stereocenters. The predicted molar refractivity (Wildman–Crippen MR) is 71.2 cm³/mol. The van der Waals surface area contributed by atoms with Gasteiger partial charge in [0.15, 0.2) is 0 Å². The number of carboxylic acids is 1. The predicted octanol–water partition coefficient (Wildman–Crippen LogP) is 1.52. The molecule has 1 aromatic carbocycles. The van der Waals surface area contributed by atoms with Crippen molar-refractivity contribution >= 4 is 11.9 Å². The van der Waals surface area contributed by atoms with E-state index in [1.807, 2.05) is 32.0 Å². The zero-order valence-corrected chi connectivity index (χ0v) is 11.4. The third-order valence-electron chi connectivity index (χ3n) is 2.69. The van der Waals surface area contributed by atoms with Crippen LogP contribution < -0.4 is 10.1 Å². The molecule has 5 heteroatoms. The van der Waals surface area contributed by atoms with E-state index in [-0.39, 0.29) is 19.1 Å². The van der Waals surface area contributed by atoms with Crippen molar-refractivity contribution in [3.8, 4) is 5.75 Å². The van der Waals surface area contributed by atoms with Crippen LogP contribution in [0.5, 0.6) is 5.75 Å². The first-order valence-corrected chi connectivity index (χ1v) is 6.09. The summed E-state index contributed by atoms with van der Waals surface area (Å²) < 4.78 is 5.60. The Bertz CT molecular complexity index is 471. The van der Waals surface area contributed by atoms with Gasteiger partial charge in [0, 0.05) is 0 Å². The minimum absolute atomic E-state index is 0.218. The summed E-state index contributed by atoms with van der Waals surface area (Å²) in [5, 5.41) is 10.8. The number of ether oxygens (including phenoxy) is 1. The average Bonchev–Trinajstić information content (AvgIpc) is 2.36. The fraction of sp³-hybridized carbons (Fsp3) is 0.429. The average molecular weight is 265 g/mol. The van der Waals surface area contributed by atoms with Crippen LogP contribution in [-0.2, 0) is 9.59 Å². The molecule has 0 aromatic heterocycles. The fourth-order valence-electron chi connectivity index (χ4n) is 1.49. The molecular weight excluding hydrogens is 246 g/mol. The second-order valence-corrected chi connectivity index (χ2v) is 4.59. The first-order chi connectivity index (χ1) is 8.90. The Kier molecular flexibility index (Phi) is 5.36. The Morgan fingerprint density at radius 2 is 2.05 bits per heavy atom. The lowest BCUT2D eigenvalue weighted by Crippen LogP contribution is -2.35. The third-order valence-corrected chi connectivity index (χ3v) is 2.69. The van der Waals surface area contributed by atoms with Crippen LogP contribution in [0.4, 0.5) is 0 Å². The number of hydrogen-bond donors (Lipinski definition) is 2. The molecule has 0 heterocycles. The van der Waals surface area contributed by atoms with Crippen molar-refractivity contribution in [2.75, 3.05) is 13.2 Å². The molecular formula is C14H19NO4. The highest BCUT2D eigenvalue weighted by molar-refractivity contribution is 5.82. The van der Waals surface area contributed by atoms with Crippen molar-refractivity contribution in [3.63, 3.8) is 0 Å². The van der Waals surface area contributed by atoms with Gasteiger partial charge in [0.25, 0.3) is 0 Å². The lowest BCUT2D eigenvalue weighted by molar-refractivity contribution is -0.138. The van der Waals surface area contributed by atoms with Crippen molar-refractivity contribution in [1.29, 1.82) is 0 Å². The van der Waals surface area contributed by atoms with E-state index in [2.05, 4.69) is 5.32 Å². The van der Waals surface area contributed by atoms with E-state index >= 15 is 0 Å². The summed E-state index contributed by atoms with van der Waals surface area (Å²) in [6.45, 7) is 5.45. The normalized spacial score (nSPS) is 11.7. The molecule has 0 aliphatic heterocycles. The number of nitrogens with one attached hydrogen (secondary N) is 1. The summed E-state index contributed by atoms with van der Waals surface area (Å²) >= 11 is 0. The number of hydrogen-bond acceptors (Lipinski definition) is 3. The van der Waals surface area contributed by atoms with Gasteiger partial charge in [-0.1, -0.05) is 19.1 Å². The lowest BCUT2D eigenvalue weighted by atomic mass is 10.1.